The maximum absolute atomic E-state index is 5.82. The molecule has 1 unspecified atom stereocenters. The molecule has 100 valence electrons. The monoisotopic (exact) mass is 258 g/mol. The van der Waals surface area contributed by atoms with E-state index in [0.717, 1.165) is 17.1 Å². The quantitative estimate of drug-likeness (QED) is 0.852. The van der Waals surface area contributed by atoms with Gasteiger partial charge in [0.05, 0.1) is 13.2 Å². The summed E-state index contributed by atoms with van der Waals surface area (Å²) in [7, 11) is 3.57. The lowest BCUT2D eigenvalue weighted by molar-refractivity contribution is 0.396. The molecular weight excluding hydrogens is 240 g/mol. The smallest absolute Gasteiger partial charge is 0.218 e. The number of hydrogen-bond donors (Lipinski definition) is 1. The number of methoxy groups -OCH3 is 1. The van der Waals surface area contributed by atoms with Crippen LogP contribution >= 0.6 is 0 Å². The standard InChI is InChI=1S/C14H18N4O/c1-10(11-5-4-6-12(15)7-11)18(2)13-8-14(19-3)17-9-16-13/h4-10H,15H2,1-3H3. The highest BCUT2D eigenvalue weighted by molar-refractivity contribution is 5.47. The molecule has 2 aromatic rings. The van der Waals surface area contributed by atoms with E-state index in [-0.39, 0.29) is 6.04 Å². The second-order valence-corrected chi connectivity index (χ2v) is 4.38. The van der Waals surface area contributed by atoms with Crippen LogP contribution in [0.1, 0.15) is 18.5 Å². The van der Waals surface area contributed by atoms with E-state index >= 15 is 0 Å². The minimum absolute atomic E-state index is 0.156. The molecule has 0 amide bonds. The maximum Gasteiger partial charge on any atom is 0.218 e. The number of hydrogen-bond acceptors (Lipinski definition) is 5. The molecule has 0 aliphatic rings. The largest absolute Gasteiger partial charge is 0.481 e. The van der Waals surface area contributed by atoms with Crippen LogP contribution in [-0.2, 0) is 0 Å². The van der Waals surface area contributed by atoms with Crippen molar-refractivity contribution in [1.29, 1.82) is 0 Å². The lowest BCUT2D eigenvalue weighted by atomic mass is 10.1. The lowest BCUT2D eigenvalue weighted by Gasteiger charge is -2.26. The third-order valence-corrected chi connectivity index (χ3v) is 3.17. The zero-order valence-corrected chi connectivity index (χ0v) is 11.4. The number of rotatable bonds is 4. The Morgan fingerprint density at radius 2 is 2.05 bits per heavy atom. The zero-order chi connectivity index (χ0) is 13.8. The molecule has 0 saturated heterocycles. The Bertz CT molecular complexity index is 559. The van der Waals surface area contributed by atoms with Crippen LogP contribution in [0.2, 0.25) is 0 Å². The zero-order valence-electron chi connectivity index (χ0n) is 11.4. The average molecular weight is 258 g/mol. The summed E-state index contributed by atoms with van der Waals surface area (Å²) in [6.45, 7) is 2.10. The first-order valence-corrected chi connectivity index (χ1v) is 6.06. The van der Waals surface area contributed by atoms with Crippen molar-refractivity contribution >= 4 is 11.5 Å². The summed E-state index contributed by atoms with van der Waals surface area (Å²) in [5, 5.41) is 0. The summed E-state index contributed by atoms with van der Waals surface area (Å²) in [6.07, 6.45) is 1.50. The number of nitrogens with two attached hydrogens (primary N) is 1. The number of benzene rings is 1. The summed E-state index contributed by atoms with van der Waals surface area (Å²) in [4.78, 5) is 10.3. The van der Waals surface area contributed by atoms with Gasteiger partial charge in [-0.3, -0.25) is 0 Å². The molecule has 19 heavy (non-hydrogen) atoms. The highest BCUT2D eigenvalue weighted by Crippen LogP contribution is 2.25. The molecule has 1 aromatic heterocycles. The molecule has 0 aliphatic carbocycles. The molecule has 0 spiro atoms. The summed E-state index contributed by atoms with van der Waals surface area (Å²) in [6, 6.07) is 9.82. The Morgan fingerprint density at radius 1 is 1.26 bits per heavy atom. The summed E-state index contributed by atoms with van der Waals surface area (Å²) >= 11 is 0. The van der Waals surface area contributed by atoms with E-state index in [9.17, 15) is 0 Å². The van der Waals surface area contributed by atoms with Gasteiger partial charge in [-0.05, 0) is 24.6 Å². The molecule has 0 radical (unpaired) electrons. The van der Waals surface area contributed by atoms with E-state index in [1.165, 1.54) is 6.33 Å². The van der Waals surface area contributed by atoms with Crippen molar-refractivity contribution in [2.45, 2.75) is 13.0 Å². The molecule has 2 rings (SSSR count). The highest BCUT2D eigenvalue weighted by Gasteiger charge is 2.14. The van der Waals surface area contributed by atoms with Crippen LogP contribution in [0, 0.1) is 0 Å². The van der Waals surface area contributed by atoms with E-state index < -0.39 is 0 Å². The number of nitrogens with zero attached hydrogens (tertiary/aromatic N) is 3. The van der Waals surface area contributed by atoms with E-state index in [4.69, 9.17) is 10.5 Å². The Labute approximate surface area is 113 Å². The normalized spacial score (nSPS) is 11.9. The minimum atomic E-state index is 0.156. The maximum atomic E-state index is 5.82. The molecule has 0 fully saturated rings. The first-order valence-electron chi connectivity index (χ1n) is 6.06. The van der Waals surface area contributed by atoms with Crippen LogP contribution in [0.4, 0.5) is 11.5 Å². The Kier molecular flexibility index (Phi) is 3.85. The number of nitrogen functional groups attached to an aromatic ring is 1. The second kappa shape index (κ2) is 5.56. The van der Waals surface area contributed by atoms with Gasteiger partial charge in [0.1, 0.15) is 12.1 Å². The fourth-order valence-corrected chi connectivity index (χ4v) is 1.88. The SMILES string of the molecule is COc1cc(N(C)C(C)c2cccc(N)c2)ncn1. The van der Waals surface area contributed by atoms with Gasteiger partial charge in [-0.25, -0.2) is 9.97 Å². The molecule has 1 heterocycles. The molecule has 5 heteroatoms. The van der Waals surface area contributed by atoms with Gasteiger partial charge in [-0.1, -0.05) is 12.1 Å². The van der Waals surface area contributed by atoms with Gasteiger partial charge in [0.25, 0.3) is 0 Å². The van der Waals surface area contributed by atoms with Crippen molar-refractivity contribution < 1.29 is 4.74 Å². The van der Waals surface area contributed by atoms with Crippen LogP contribution in [0.5, 0.6) is 5.88 Å². The van der Waals surface area contributed by atoms with Gasteiger partial charge >= 0.3 is 0 Å². The summed E-state index contributed by atoms with van der Waals surface area (Å²) in [5.41, 5.74) is 7.72. The van der Waals surface area contributed by atoms with E-state index in [2.05, 4.69) is 27.9 Å². The molecular formula is C14H18N4O. The molecule has 0 aliphatic heterocycles. The topological polar surface area (TPSA) is 64.3 Å². The first-order chi connectivity index (χ1) is 9.11. The van der Waals surface area contributed by atoms with Gasteiger partial charge in [0.15, 0.2) is 0 Å². The first kappa shape index (κ1) is 13.1. The Morgan fingerprint density at radius 3 is 2.74 bits per heavy atom. The average Bonchev–Trinajstić information content (AvgIpc) is 2.45. The fourth-order valence-electron chi connectivity index (χ4n) is 1.88. The summed E-state index contributed by atoms with van der Waals surface area (Å²) < 4.78 is 5.11. The van der Waals surface area contributed by atoms with Crippen LogP contribution < -0.4 is 15.4 Å². The van der Waals surface area contributed by atoms with Crippen molar-refractivity contribution in [3.05, 3.63) is 42.2 Å². The highest BCUT2D eigenvalue weighted by atomic mass is 16.5. The lowest BCUT2D eigenvalue weighted by Crippen LogP contribution is -2.22. The molecule has 2 N–H and O–H groups in total. The van der Waals surface area contributed by atoms with E-state index in [1.807, 2.05) is 31.3 Å². The predicted octanol–water partition coefficient (Wildman–Crippen LogP) is 2.26. The van der Waals surface area contributed by atoms with Crippen LogP contribution in [-0.4, -0.2) is 24.1 Å². The Hall–Kier alpha value is -2.30. The van der Waals surface area contributed by atoms with Crippen molar-refractivity contribution in [2.24, 2.45) is 0 Å². The van der Waals surface area contributed by atoms with Crippen LogP contribution in [0.25, 0.3) is 0 Å². The van der Waals surface area contributed by atoms with Gasteiger partial charge in [-0.15, -0.1) is 0 Å². The van der Waals surface area contributed by atoms with Crippen molar-refractivity contribution in [3.63, 3.8) is 0 Å². The van der Waals surface area contributed by atoms with Gasteiger partial charge in [0.2, 0.25) is 5.88 Å². The molecule has 1 aromatic carbocycles. The van der Waals surface area contributed by atoms with Gasteiger partial charge in [0, 0.05) is 18.8 Å². The molecule has 5 nitrogen and oxygen atoms in total. The molecule has 0 bridgehead atoms. The van der Waals surface area contributed by atoms with Gasteiger partial charge < -0.3 is 15.4 Å². The molecule has 0 saturated carbocycles. The van der Waals surface area contributed by atoms with Crippen LogP contribution in [0.15, 0.2) is 36.7 Å². The third kappa shape index (κ3) is 2.93. The van der Waals surface area contributed by atoms with Gasteiger partial charge in [-0.2, -0.15) is 0 Å². The van der Waals surface area contributed by atoms with Crippen molar-refractivity contribution in [3.8, 4) is 5.88 Å². The van der Waals surface area contributed by atoms with Crippen LogP contribution in [0.3, 0.4) is 0 Å². The van der Waals surface area contributed by atoms with E-state index in [0.29, 0.717) is 5.88 Å². The van der Waals surface area contributed by atoms with Crippen molar-refractivity contribution in [2.75, 3.05) is 24.8 Å². The second-order valence-electron chi connectivity index (χ2n) is 4.38. The number of anilines is 2. The van der Waals surface area contributed by atoms with E-state index in [1.54, 1.807) is 7.11 Å². The fraction of sp³-hybridized carbons (Fsp3) is 0.286. The van der Waals surface area contributed by atoms with Crippen molar-refractivity contribution in [1.82, 2.24) is 9.97 Å². The predicted molar refractivity (Wildman–Crippen MR) is 76.3 cm³/mol. The Balaban J connectivity index is 2.25. The summed E-state index contributed by atoms with van der Waals surface area (Å²) in [5.74, 6) is 1.36. The number of aromatic nitrogens is 2. The third-order valence-electron chi connectivity index (χ3n) is 3.17. The molecule has 1 atom stereocenters. The minimum Gasteiger partial charge on any atom is -0.481 e. The number of ether oxygens (including phenoxy) is 1.